The molecule has 6 N–H and O–H groups in total. The van der Waals surface area contributed by atoms with Gasteiger partial charge in [0.2, 0.25) is 5.91 Å². The van der Waals surface area contributed by atoms with E-state index in [1.54, 1.807) is 42.5 Å². The zero-order valence-electron chi connectivity index (χ0n) is 29.0. The van der Waals surface area contributed by atoms with Gasteiger partial charge in [0.15, 0.2) is 0 Å². The Hall–Kier alpha value is -5.97. The molecule has 4 saturated carbocycles. The topological polar surface area (TPSA) is 178 Å². The lowest BCUT2D eigenvalue weighted by Crippen LogP contribution is -2.51. The Labute approximate surface area is 305 Å². The van der Waals surface area contributed by atoms with Crippen molar-refractivity contribution in [2.75, 3.05) is 18.4 Å². The van der Waals surface area contributed by atoms with Gasteiger partial charge in [0.1, 0.15) is 0 Å². The first kappa shape index (κ1) is 34.1. The molecule has 3 amide bonds. The molecule has 4 aliphatic carbocycles. The van der Waals surface area contributed by atoms with Gasteiger partial charge in [-0.25, -0.2) is 9.59 Å². The fraction of sp³-hybridized carbons (Fsp3) is 0.310. The van der Waals surface area contributed by atoms with Crippen molar-refractivity contribution in [1.29, 1.82) is 0 Å². The van der Waals surface area contributed by atoms with E-state index < -0.39 is 29.7 Å². The second-order valence-electron chi connectivity index (χ2n) is 15.3. The number of benzene rings is 4. The number of hydrogen-bond donors (Lipinski definition) is 6. The van der Waals surface area contributed by atoms with Crippen LogP contribution in [0.15, 0.2) is 84.9 Å². The number of anilines is 1. The summed E-state index contributed by atoms with van der Waals surface area (Å²) in [5.74, 6) is -2.89. The number of fused-ring (bicyclic) bond motifs is 3. The third-order valence-corrected chi connectivity index (χ3v) is 11.6. The summed E-state index contributed by atoms with van der Waals surface area (Å²) >= 11 is 0. The van der Waals surface area contributed by atoms with Gasteiger partial charge < -0.3 is 31.1 Å². The Morgan fingerprint density at radius 3 is 1.91 bits per heavy atom. The molecule has 1 atom stereocenters. The summed E-state index contributed by atoms with van der Waals surface area (Å²) in [4.78, 5) is 68.8. The van der Waals surface area contributed by atoms with E-state index in [4.69, 9.17) is 0 Å². The van der Waals surface area contributed by atoms with E-state index in [0.717, 1.165) is 59.4 Å². The van der Waals surface area contributed by atoms with Crippen LogP contribution >= 0.6 is 0 Å². The highest BCUT2D eigenvalue weighted by atomic mass is 16.4. The molecular weight excluding hydrogens is 672 g/mol. The number of hydrogen-bond acceptors (Lipinski definition) is 5. The molecule has 4 bridgehead atoms. The molecule has 0 spiro atoms. The van der Waals surface area contributed by atoms with Gasteiger partial charge >= 0.3 is 11.9 Å². The lowest BCUT2D eigenvalue weighted by Gasteiger charge is -2.56. The molecule has 4 aliphatic rings. The zero-order valence-corrected chi connectivity index (χ0v) is 29.0. The first-order chi connectivity index (χ1) is 25.5. The maximum absolute atomic E-state index is 14.1. The average Bonchev–Trinajstić information content (AvgIpc) is 3.50. The molecule has 11 nitrogen and oxygen atoms in total. The normalized spacial score (nSPS) is 22.0. The van der Waals surface area contributed by atoms with E-state index in [0.29, 0.717) is 17.6 Å². The molecule has 0 saturated heterocycles. The molecule has 5 aromatic rings. The third-order valence-electron chi connectivity index (χ3n) is 11.6. The smallest absolute Gasteiger partial charge is 0.335 e. The van der Waals surface area contributed by atoms with Crippen molar-refractivity contribution in [3.8, 4) is 0 Å². The van der Waals surface area contributed by atoms with Crippen LogP contribution in [0.4, 0.5) is 5.69 Å². The number of aromatic carboxylic acids is 2. The molecule has 0 radical (unpaired) electrons. The number of para-hydroxylation sites is 1. The van der Waals surface area contributed by atoms with E-state index in [1.807, 2.05) is 24.3 Å². The van der Waals surface area contributed by atoms with Crippen molar-refractivity contribution in [2.45, 2.75) is 44.4 Å². The van der Waals surface area contributed by atoms with Gasteiger partial charge in [-0.1, -0.05) is 48.5 Å². The number of aromatic amines is 1. The molecule has 4 fully saturated rings. The molecule has 9 rings (SSSR count). The van der Waals surface area contributed by atoms with E-state index in [-0.39, 0.29) is 45.8 Å². The van der Waals surface area contributed by atoms with Gasteiger partial charge in [-0.2, -0.15) is 0 Å². The molecule has 1 heterocycles. The Kier molecular flexibility index (Phi) is 8.72. The monoisotopic (exact) mass is 712 g/mol. The Morgan fingerprint density at radius 2 is 1.26 bits per heavy atom. The maximum atomic E-state index is 14.1. The zero-order chi connectivity index (χ0) is 36.9. The van der Waals surface area contributed by atoms with Crippen LogP contribution in [0.5, 0.6) is 0 Å². The number of carboxylic acids is 2. The van der Waals surface area contributed by atoms with Gasteiger partial charge in [0.25, 0.3) is 11.8 Å². The van der Waals surface area contributed by atoms with Crippen molar-refractivity contribution in [2.24, 2.45) is 23.2 Å². The van der Waals surface area contributed by atoms with Crippen LogP contribution in [0.3, 0.4) is 0 Å². The lowest BCUT2D eigenvalue weighted by atomic mass is 9.49. The number of aromatic nitrogens is 1. The predicted octanol–water partition coefficient (Wildman–Crippen LogP) is 6.82. The van der Waals surface area contributed by atoms with Crippen molar-refractivity contribution in [3.05, 3.63) is 113 Å². The largest absolute Gasteiger partial charge is 0.478 e. The van der Waals surface area contributed by atoms with E-state index in [1.165, 1.54) is 31.4 Å². The Balaban J connectivity index is 1.07. The second-order valence-corrected chi connectivity index (χ2v) is 15.3. The summed E-state index contributed by atoms with van der Waals surface area (Å²) in [5, 5.41) is 29.6. The number of carbonyl (C=O) groups is 5. The maximum Gasteiger partial charge on any atom is 0.335 e. The van der Waals surface area contributed by atoms with Crippen LogP contribution in [0.25, 0.3) is 21.8 Å². The van der Waals surface area contributed by atoms with Gasteiger partial charge in [-0.05, 0) is 104 Å². The summed E-state index contributed by atoms with van der Waals surface area (Å²) in [5.41, 5.74) is 2.04. The van der Waals surface area contributed by atoms with Crippen molar-refractivity contribution in [3.63, 3.8) is 0 Å². The van der Waals surface area contributed by atoms with Gasteiger partial charge in [-0.3, -0.25) is 14.4 Å². The third kappa shape index (κ3) is 6.74. The minimum absolute atomic E-state index is 0.0122. The second kappa shape index (κ2) is 13.5. The van der Waals surface area contributed by atoms with Gasteiger partial charge in [0, 0.05) is 40.6 Å². The van der Waals surface area contributed by atoms with E-state index in [2.05, 4.69) is 20.9 Å². The fourth-order valence-electron chi connectivity index (χ4n) is 9.66. The number of nitrogens with one attached hydrogen (secondary N) is 4. The highest BCUT2D eigenvalue weighted by Gasteiger charge is 2.50. The average molecular weight is 713 g/mol. The number of amides is 3. The van der Waals surface area contributed by atoms with Crippen LogP contribution in [-0.4, -0.2) is 57.9 Å². The SMILES string of the molecule is O=C(O)c1cc(NC(=O)C(CNC(=O)c2cc3[nH]c4ccccc4c3cc2C(=O)NCC23CC4CC(CC(C4)C2)C3)c2ccccc2)cc(C(=O)O)c1. The first-order valence-electron chi connectivity index (χ1n) is 18.1. The molecule has 1 aromatic heterocycles. The van der Waals surface area contributed by atoms with Crippen LogP contribution < -0.4 is 16.0 Å². The first-order valence-corrected chi connectivity index (χ1v) is 18.1. The van der Waals surface area contributed by atoms with Crippen LogP contribution in [0.2, 0.25) is 0 Å². The minimum Gasteiger partial charge on any atom is -0.478 e. The summed E-state index contributed by atoms with van der Waals surface area (Å²) in [7, 11) is 0. The fourth-order valence-corrected chi connectivity index (χ4v) is 9.66. The van der Waals surface area contributed by atoms with Crippen molar-refractivity contribution in [1.82, 2.24) is 15.6 Å². The van der Waals surface area contributed by atoms with Gasteiger partial charge in [0.05, 0.1) is 28.2 Å². The van der Waals surface area contributed by atoms with E-state index in [9.17, 15) is 34.2 Å². The summed E-state index contributed by atoms with van der Waals surface area (Å²) < 4.78 is 0. The minimum atomic E-state index is -1.35. The summed E-state index contributed by atoms with van der Waals surface area (Å²) in [6.07, 6.45) is 7.30. The molecule has 0 aliphatic heterocycles. The molecular formula is C42H40N4O7. The molecule has 4 aromatic carbocycles. The highest BCUT2D eigenvalue weighted by molar-refractivity contribution is 6.15. The standard InChI is InChI=1S/C42H40N4O7/c47-37(43-21-34(26-6-2-1-3-7-26)39(49)45-29-14-27(40(50)51)13-28(15-29)41(52)53)33-17-36-31(30-8-4-5-9-35(30)46-36)16-32(33)38(48)44-22-42-18-23-10-24(19-42)12-25(11-23)20-42/h1-9,13-17,23-25,34,46H,10-12,18-22H2,(H,43,47)(H,44,48)(H,45,49)(H,50,51)(H,52,53). The molecule has 270 valence electrons. The number of H-pyrrole nitrogens is 1. The summed E-state index contributed by atoms with van der Waals surface area (Å²) in [6.45, 7) is 0.406. The van der Waals surface area contributed by atoms with Gasteiger partial charge in [-0.15, -0.1) is 0 Å². The lowest BCUT2D eigenvalue weighted by molar-refractivity contribution is -0.117. The van der Waals surface area contributed by atoms with E-state index >= 15 is 0 Å². The Morgan fingerprint density at radius 1 is 0.679 bits per heavy atom. The number of carbonyl (C=O) groups excluding carboxylic acids is 3. The molecule has 53 heavy (non-hydrogen) atoms. The molecule has 11 heteroatoms. The van der Waals surface area contributed by atoms with Crippen LogP contribution in [0, 0.1) is 23.2 Å². The van der Waals surface area contributed by atoms with Crippen LogP contribution in [-0.2, 0) is 4.79 Å². The summed E-state index contributed by atoms with van der Waals surface area (Å²) in [6, 6.07) is 23.3. The Bertz CT molecular complexity index is 2230. The van der Waals surface area contributed by atoms with Crippen molar-refractivity contribution < 1.29 is 34.2 Å². The number of carboxylic acid groups (broad SMARTS) is 2. The van der Waals surface area contributed by atoms with Crippen LogP contribution in [0.1, 0.15) is 91.4 Å². The quantitative estimate of drug-likeness (QED) is 0.0871. The van der Waals surface area contributed by atoms with Crippen molar-refractivity contribution >= 4 is 57.2 Å². The predicted molar refractivity (Wildman–Crippen MR) is 199 cm³/mol. The highest BCUT2D eigenvalue weighted by Crippen LogP contribution is 2.59. The number of rotatable bonds is 11. The molecule has 1 unspecified atom stereocenters.